The molecule has 4 aromatic rings. The quantitative estimate of drug-likeness (QED) is 0.370. The van der Waals surface area contributed by atoms with Gasteiger partial charge in [0.15, 0.2) is 5.82 Å². The number of aryl methyl sites for hydroxylation is 3. The van der Waals surface area contributed by atoms with E-state index in [9.17, 15) is 4.79 Å². The van der Waals surface area contributed by atoms with Crippen molar-refractivity contribution in [3.05, 3.63) is 81.2 Å². The van der Waals surface area contributed by atoms with Gasteiger partial charge in [-0.05, 0) is 44.9 Å². The van der Waals surface area contributed by atoms with Gasteiger partial charge < -0.3 is 9.88 Å². The second kappa shape index (κ2) is 9.75. The SMILES string of the molecule is Cc1sc2c(c1C)C(c1ccc(Cl)cc1)=N[C@@H](CC(=O)NCCCn1ccnc1)c1nnc(C)n1-2. The summed E-state index contributed by atoms with van der Waals surface area (Å²) in [6, 6.07) is 7.22. The number of hydrogen-bond acceptors (Lipinski definition) is 6. The van der Waals surface area contributed by atoms with Gasteiger partial charge in [0.05, 0.1) is 18.5 Å². The largest absolute Gasteiger partial charge is 0.356 e. The number of hydrogen-bond donors (Lipinski definition) is 1. The minimum Gasteiger partial charge on any atom is -0.356 e. The highest BCUT2D eigenvalue weighted by Crippen LogP contribution is 2.39. The molecule has 0 saturated carbocycles. The van der Waals surface area contributed by atoms with Crippen molar-refractivity contribution >= 4 is 34.6 Å². The Balaban J connectivity index is 1.46. The van der Waals surface area contributed by atoms with Gasteiger partial charge in [-0.2, -0.15) is 0 Å². The number of nitrogens with zero attached hydrogens (tertiary/aromatic N) is 6. The van der Waals surface area contributed by atoms with Crippen LogP contribution in [0.3, 0.4) is 0 Å². The molecule has 1 amide bonds. The van der Waals surface area contributed by atoms with E-state index in [1.54, 1.807) is 23.9 Å². The average molecular weight is 508 g/mol. The Morgan fingerprint density at radius 2 is 1.97 bits per heavy atom. The number of thiophene rings is 1. The number of benzene rings is 1. The summed E-state index contributed by atoms with van der Waals surface area (Å²) in [5, 5.41) is 13.5. The number of aromatic nitrogens is 5. The minimum absolute atomic E-state index is 0.0646. The van der Waals surface area contributed by atoms with Gasteiger partial charge in [-0.3, -0.25) is 14.4 Å². The van der Waals surface area contributed by atoms with Gasteiger partial charge in [0, 0.05) is 46.5 Å². The molecule has 0 bridgehead atoms. The molecule has 35 heavy (non-hydrogen) atoms. The van der Waals surface area contributed by atoms with E-state index in [0.29, 0.717) is 17.4 Å². The van der Waals surface area contributed by atoms with Crippen molar-refractivity contribution < 1.29 is 4.79 Å². The van der Waals surface area contributed by atoms with Gasteiger partial charge in [-0.25, -0.2) is 4.98 Å². The Labute approximate surface area is 212 Å². The van der Waals surface area contributed by atoms with Crippen molar-refractivity contribution in [2.75, 3.05) is 6.54 Å². The molecule has 1 aliphatic heterocycles. The number of carbonyl (C=O) groups is 1. The highest BCUT2D eigenvalue weighted by Gasteiger charge is 2.32. The molecule has 4 heterocycles. The Morgan fingerprint density at radius 1 is 1.17 bits per heavy atom. The molecular weight excluding hydrogens is 482 g/mol. The molecule has 0 spiro atoms. The van der Waals surface area contributed by atoms with Crippen LogP contribution in [0.15, 0.2) is 48.0 Å². The molecule has 0 fully saturated rings. The lowest BCUT2D eigenvalue weighted by atomic mass is 9.99. The van der Waals surface area contributed by atoms with Crippen LogP contribution in [0.5, 0.6) is 0 Å². The maximum atomic E-state index is 12.9. The van der Waals surface area contributed by atoms with E-state index in [1.807, 2.05) is 42.0 Å². The summed E-state index contributed by atoms with van der Waals surface area (Å²) in [6.07, 6.45) is 6.45. The maximum absolute atomic E-state index is 12.9. The van der Waals surface area contributed by atoms with Crippen LogP contribution in [-0.4, -0.2) is 42.5 Å². The summed E-state index contributed by atoms with van der Waals surface area (Å²) in [5.41, 5.74) is 4.03. The summed E-state index contributed by atoms with van der Waals surface area (Å²) in [5.74, 6) is 1.40. The summed E-state index contributed by atoms with van der Waals surface area (Å²) in [4.78, 5) is 23.3. The number of fused-ring (bicyclic) bond motifs is 3. The Bertz CT molecular complexity index is 1390. The third-order valence-corrected chi connectivity index (χ3v) is 7.65. The van der Waals surface area contributed by atoms with E-state index in [0.717, 1.165) is 40.6 Å². The Kier molecular flexibility index (Phi) is 6.53. The lowest BCUT2D eigenvalue weighted by molar-refractivity contribution is -0.121. The van der Waals surface area contributed by atoms with Gasteiger partial charge in [0.2, 0.25) is 5.91 Å². The lowest BCUT2D eigenvalue weighted by Crippen LogP contribution is -2.27. The molecule has 0 unspecified atom stereocenters. The molecule has 5 rings (SSSR count). The molecule has 0 radical (unpaired) electrons. The average Bonchev–Trinajstić information content (AvgIpc) is 3.53. The van der Waals surface area contributed by atoms with Crippen LogP contribution >= 0.6 is 22.9 Å². The highest BCUT2D eigenvalue weighted by molar-refractivity contribution is 7.15. The third kappa shape index (κ3) is 4.66. The number of halogens is 1. The predicted octanol–water partition coefficient (Wildman–Crippen LogP) is 4.59. The molecule has 8 nitrogen and oxygen atoms in total. The van der Waals surface area contributed by atoms with Crippen LogP contribution in [0.4, 0.5) is 0 Å². The van der Waals surface area contributed by atoms with Crippen LogP contribution < -0.4 is 5.32 Å². The second-order valence-electron chi connectivity index (χ2n) is 8.61. The lowest BCUT2D eigenvalue weighted by Gasteiger charge is -2.13. The molecular formula is C25H26ClN7OS. The summed E-state index contributed by atoms with van der Waals surface area (Å²) >= 11 is 7.86. The van der Waals surface area contributed by atoms with Gasteiger partial charge in [-0.1, -0.05) is 23.7 Å². The van der Waals surface area contributed by atoms with Crippen LogP contribution in [0.2, 0.25) is 5.02 Å². The van der Waals surface area contributed by atoms with Crippen molar-refractivity contribution in [2.24, 2.45) is 4.99 Å². The van der Waals surface area contributed by atoms with E-state index in [2.05, 4.69) is 38.9 Å². The first-order valence-electron chi connectivity index (χ1n) is 11.5. The molecule has 3 aromatic heterocycles. The molecule has 0 aliphatic carbocycles. The second-order valence-corrected chi connectivity index (χ2v) is 10.3. The third-order valence-electron chi connectivity index (χ3n) is 6.21. The molecule has 0 saturated heterocycles. The monoisotopic (exact) mass is 507 g/mol. The van der Waals surface area contributed by atoms with Gasteiger partial charge in [0.1, 0.15) is 16.9 Å². The topological polar surface area (TPSA) is 90.0 Å². The van der Waals surface area contributed by atoms with Gasteiger partial charge in [0.25, 0.3) is 0 Å². The summed E-state index contributed by atoms with van der Waals surface area (Å²) in [6.45, 7) is 7.54. The number of imidazole rings is 1. The van der Waals surface area contributed by atoms with E-state index in [1.165, 1.54) is 10.4 Å². The zero-order chi connectivity index (χ0) is 24.5. The van der Waals surface area contributed by atoms with Gasteiger partial charge >= 0.3 is 0 Å². The first kappa shape index (κ1) is 23.4. The fourth-order valence-electron chi connectivity index (χ4n) is 4.29. The Morgan fingerprint density at radius 3 is 2.71 bits per heavy atom. The number of amides is 1. The van der Waals surface area contributed by atoms with Gasteiger partial charge in [-0.15, -0.1) is 21.5 Å². The summed E-state index contributed by atoms with van der Waals surface area (Å²) in [7, 11) is 0. The normalized spacial score (nSPS) is 14.7. The van der Waals surface area contributed by atoms with Crippen molar-refractivity contribution in [3.8, 4) is 5.00 Å². The number of rotatable bonds is 7. The maximum Gasteiger partial charge on any atom is 0.222 e. The fourth-order valence-corrected chi connectivity index (χ4v) is 5.63. The molecule has 1 aromatic carbocycles. The zero-order valence-electron chi connectivity index (χ0n) is 19.8. The van der Waals surface area contributed by atoms with Crippen LogP contribution in [0.1, 0.15) is 52.1 Å². The summed E-state index contributed by atoms with van der Waals surface area (Å²) < 4.78 is 4.05. The van der Waals surface area contributed by atoms with E-state index < -0.39 is 6.04 Å². The van der Waals surface area contributed by atoms with Crippen LogP contribution in [0.25, 0.3) is 5.00 Å². The molecule has 1 aliphatic rings. The molecule has 1 atom stereocenters. The molecule has 10 heteroatoms. The number of aliphatic imine (C=N–C) groups is 1. The fraction of sp³-hybridized carbons (Fsp3) is 0.320. The molecule has 1 N–H and O–H groups in total. The minimum atomic E-state index is -0.463. The Hall–Kier alpha value is -3.30. The van der Waals surface area contributed by atoms with Crippen molar-refractivity contribution in [3.63, 3.8) is 0 Å². The van der Waals surface area contributed by atoms with Crippen LogP contribution in [-0.2, 0) is 11.3 Å². The van der Waals surface area contributed by atoms with E-state index in [-0.39, 0.29) is 12.3 Å². The van der Waals surface area contributed by atoms with Crippen molar-refractivity contribution in [1.29, 1.82) is 0 Å². The number of nitrogens with one attached hydrogen (secondary N) is 1. The van der Waals surface area contributed by atoms with E-state index in [4.69, 9.17) is 16.6 Å². The first-order valence-corrected chi connectivity index (χ1v) is 12.7. The smallest absolute Gasteiger partial charge is 0.222 e. The molecule has 180 valence electrons. The highest BCUT2D eigenvalue weighted by atomic mass is 35.5. The van der Waals surface area contributed by atoms with Crippen molar-refractivity contribution in [1.82, 2.24) is 29.6 Å². The standard InChI is InChI=1S/C25H26ClN7OS/c1-15-16(2)35-25-22(15)23(18-5-7-19(26)8-6-18)29-20(24-31-30-17(3)33(24)25)13-21(34)28-9-4-11-32-12-10-27-14-32/h5-8,10,12,14,20H,4,9,11,13H2,1-3H3,(H,28,34)/t20-/m0/s1. The predicted molar refractivity (Wildman–Crippen MR) is 138 cm³/mol. The van der Waals surface area contributed by atoms with Crippen LogP contribution in [0, 0.1) is 20.8 Å². The first-order chi connectivity index (χ1) is 16.9. The van der Waals surface area contributed by atoms with Crippen molar-refractivity contribution in [2.45, 2.75) is 46.2 Å². The van der Waals surface area contributed by atoms with E-state index >= 15 is 0 Å². The zero-order valence-corrected chi connectivity index (χ0v) is 21.4. The number of carbonyl (C=O) groups excluding carboxylic acids is 1.